The summed E-state index contributed by atoms with van der Waals surface area (Å²) >= 11 is 0. The van der Waals surface area contributed by atoms with E-state index < -0.39 is 0 Å². The highest BCUT2D eigenvalue weighted by Crippen LogP contribution is 2.27. The smallest absolute Gasteiger partial charge is 0.138 e. The van der Waals surface area contributed by atoms with E-state index in [1.54, 1.807) is 0 Å². The van der Waals surface area contributed by atoms with Gasteiger partial charge in [0.1, 0.15) is 7.85 Å². The molecule has 0 unspecified atom stereocenters. The lowest BCUT2D eigenvalue weighted by molar-refractivity contribution is 0.492. The molecule has 2 nitrogen and oxygen atoms in total. The minimum Gasteiger partial charge on any atom is -0.160 e. The molecule has 0 aromatic heterocycles. The van der Waals surface area contributed by atoms with Crippen molar-refractivity contribution in [2.75, 3.05) is 0 Å². The fourth-order valence-corrected chi connectivity index (χ4v) is 0.732. The SMILES string of the molecule is BC(=C)/C=C(\N=N/C=C)C(C)(C)C. The molecule has 0 atom stereocenters. The highest BCUT2D eigenvalue weighted by atomic mass is 15.1. The van der Waals surface area contributed by atoms with E-state index in [1.165, 1.54) is 6.20 Å². The average Bonchev–Trinajstić information content (AvgIpc) is 1.95. The van der Waals surface area contributed by atoms with Gasteiger partial charge in [0.05, 0.1) is 5.70 Å². The second-order valence-corrected chi connectivity index (χ2v) is 4.02. The van der Waals surface area contributed by atoms with Crippen LogP contribution < -0.4 is 0 Å². The molecule has 0 aromatic rings. The molecule has 0 saturated carbocycles. The van der Waals surface area contributed by atoms with Crippen LogP contribution >= 0.6 is 0 Å². The molecule has 0 aliphatic rings. The van der Waals surface area contributed by atoms with Crippen LogP contribution in [0.25, 0.3) is 0 Å². The molecule has 0 aliphatic heterocycles. The largest absolute Gasteiger partial charge is 0.160 e. The fourth-order valence-electron chi connectivity index (χ4n) is 0.732. The summed E-state index contributed by atoms with van der Waals surface area (Å²) in [7, 11) is 1.94. The lowest BCUT2D eigenvalue weighted by Gasteiger charge is -2.18. The quantitative estimate of drug-likeness (QED) is 0.358. The monoisotopic (exact) mass is 176 g/mol. The van der Waals surface area contributed by atoms with Crippen LogP contribution in [0.2, 0.25) is 0 Å². The Kier molecular flexibility index (Phi) is 4.39. The topological polar surface area (TPSA) is 24.7 Å². The normalized spacial score (nSPS) is 13.3. The Morgan fingerprint density at radius 2 is 1.92 bits per heavy atom. The van der Waals surface area contributed by atoms with Crippen molar-refractivity contribution in [3.05, 3.63) is 36.6 Å². The lowest BCUT2D eigenvalue weighted by atomic mass is 9.87. The fraction of sp³-hybridized carbons (Fsp3) is 0.400. The molecule has 0 N–H and O–H groups in total. The number of azo groups is 1. The van der Waals surface area contributed by atoms with Gasteiger partial charge in [-0.25, -0.2) is 0 Å². The molecule has 0 spiro atoms. The van der Waals surface area contributed by atoms with E-state index in [0.717, 1.165) is 11.2 Å². The van der Waals surface area contributed by atoms with Crippen LogP contribution in [0.15, 0.2) is 46.8 Å². The summed E-state index contributed by atoms with van der Waals surface area (Å²) in [6.07, 6.45) is 3.37. The third kappa shape index (κ3) is 5.18. The van der Waals surface area contributed by atoms with Crippen LogP contribution in [-0.2, 0) is 0 Å². The highest BCUT2D eigenvalue weighted by Gasteiger charge is 2.16. The minimum atomic E-state index is -0.00847. The second kappa shape index (κ2) is 4.80. The van der Waals surface area contributed by atoms with Gasteiger partial charge < -0.3 is 0 Å². The van der Waals surface area contributed by atoms with Gasteiger partial charge in [-0.3, -0.25) is 0 Å². The molecular weight excluding hydrogens is 159 g/mol. The van der Waals surface area contributed by atoms with Crippen molar-refractivity contribution in [1.29, 1.82) is 0 Å². The third-order valence-electron chi connectivity index (χ3n) is 1.40. The maximum Gasteiger partial charge on any atom is 0.138 e. The van der Waals surface area contributed by atoms with Crippen LogP contribution in [0, 0.1) is 5.41 Å². The van der Waals surface area contributed by atoms with Crippen LogP contribution in [-0.4, -0.2) is 7.85 Å². The predicted molar refractivity (Wildman–Crippen MR) is 60.3 cm³/mol. The molecule has 0 saturated heterocycles. The Morgan fingerprint density at radius 1 is 1.38 bits per heavy atom. The van der Waals surface area contributed by atoms with Gasteiger partial charge in [-0.15, -0.1) is 6.58 Å². The minimum absolute atomic E-state index is 0.00847. The van der Waals surface area contributed by atoms with E-state index in [2.05, 4.69) is 44.2 Å². The zero-order chi connectivity index (χ0) is 10.5. The Bertz CT molecular complexity index is 257. The van der Waals surface area contributed by atoms with E-state index in [1.807, 2.05) is 13.9 Å². The van der Waals surface area contributed by atoms with Gasteiger partial charge in [-0.05, 0) is 6.08 Å². The summed E-state index contributed by atoms with van der Waals surface area (Å²) in [6, 6.07) is 0. The summed E-state index contributed by atoms with van der Waals surface area (Å²) in [5.74, 6) is 0. The second-order valence-electron chi connectivity index (χ2n) is 4.02. The first-order valence-corrected chi connectivity index (χ1v) is 4.27. The molecule has 0 radical (unpaired) electrons. The molecule has 0 amide bonds. The molecular formula is C10H17BN2. The molecule has 0 aliphatic carbocycles. The van der Waals surface area contributed by atoms with Crippen molar-refractivity contribution in [2.45, 2.75) is 20.8 Å². The first-order valence-electron chi connectivity index (χ1n) is 4.27. The van der Waals surface area contributed by atoms with Crippen molar-refractivity contribution >= 4 is 7.85 Å². The van der Waals surface area contributed by atoms with Gasteiger partial charge in [-0.2, -0.15) is 10.2 Å². The zero-order valence-electron chi connectivity index (χ0n) is 8.96. The molecule has 3 heteroatoms. The van der Waals surface area contributed by atoms with E-state index >= 15 is 0 Å². The van der Waals surface area contributed by atoms with Gasteiger partial charge in [0.15, 0.2) is 0 Å². The van der Waals surface area contributed by atoms with Crippen LogP contribution in [0.4, 0.5) is 0 Å². The molecule has 0 fully saturated rings. The van der Waals surface area contributed by atoms with Crippen molar-refractivity contribution in [2.24, 2.45) is 15.6 Å². The number of nitrogens with zero attached hydrogens (tertiary/aromatic N) is 2. The molecule has 0 heterocycles. The maximum absolute atomic E-state index is 4.06. The lowest BCUT2D eigenvalue weighted by Crippen LogP contribution is -2.07. The first kappa shape index (κ1) is 11.9. The highest BCUT2D eigenvalue weighted by molar-refractivity contribution is 6.23. The van der Waals surface area contributed by atoms with E-state index in [0.29, 0.717) is 0 Å². The Balaban J connectivity index is 4.87. The number of rotatable bonds is 3. The van der Waals surface area contributed by atoms with Gasteiger partial charge in [0.25, 0.3) is 0 Å². The summed E-state index contributed by atoms with van der Waals surface area (Å²) < 4.78 is 0. The van der Waals surface area contributed by atoms with Crippen molar-refractivity contribution in [3.63, 3.8) is 0 Å². The number of allylic oxidation sites excluding steroid dienone is 3. The summed E-state index contributed by atoms with van der Waals surface area (Å²) in [5, 5.41) is 7.83. The average molecular weight is 176 g/mol. The maximum atomic E-state index is 4.06. The zero-order valence-corrected chi connectivity index (χ0v) is 8.96. The van der Waals surface area contributed by atoms with E-state index in [-0.39, 0.29) is 5.41 Å². The third-order valence-corrected chi connectivity index (χ3v) is 1.40. The standard InChI is InChI=1S/C10H17BN2/c1-6-12-13-9(7-8(2)11)10(3,4)5/h6-7H,1-2,11H2,3-5H3/b9-7-,13-12-. The van der Waals surface area contributed by atoms with Crippen LogP contribution in [0.1, 0.15) is 20.8 Å². The summed E-state index contributed by atoms with van der Waals surface area (Å²) in [4.78, 5) is 0. The molecule has 0 bridgehead atoms. The van der Waals surface area contributed by atoms with E-state index in [4.69, 9.17) is 0 Å². The first-order chi connectivity index (χ1) is 5.88. The number of hydrogen-bond donors (Lipinski definition) is 0. The van der Waals surface area contributed by atoms with Crippen LogP contribution in [0.5, 0.6) is 0 Å². The van der Waals surface area contributed by atoms with Crippen molar-refractivity contribution in [3.8, 4) is 0 Å². The van der Waals surface area contributed by atoms with E-state index in [9.17, 15) is 0 Å². The van der Waals surface area contributed by atoms with Crippen LogP contribution in [0.3, 0.4) is 0 Å². The Hall–Kier alpha value is -1.12. The molecule has 0 aromatic carbocycles. The van der Waals surface area contributed by atoms with Gasteiger partial charge in [0.2, 0.25) is 0 Å². The summed E-state index contributed by atoms with van der Waals surface area (Å²) in [5.41, 5.74) is 1.89. The molecule has 13 heavy (non-hydrogen) atoms. The van der Waals surface area contributed by atoms with Crippen molar-refractivity contribution < 1.29 is 0 Å². The predicted octanol–water partition coefficient (Wildman–Crippen LogP) is 2.66. The Labute approximate surface area is 81.6 Å². The van der Waals surface area contributed by atoms with Gasteiger partial charge in [0, 0.05) is 11.6 Å². The Morgan fingerprint density at radius 3 is 2.23 bits per heavy atom. The number of hydrogen-bond acceptors (Lipinski definition) is 2. The van der Waals surface area contributed by atoms with Crippen molar-refractivity contribution in [1.82, 2.24) is 0 Å². The summed E-state index contributed by atoms with van der Waals surface area (Å²) in [6.45, 7) is 13.6. The molecule has 70 valence electrons. The molecule has 0 rings (SSSR count). The van der Waals surface area contributed by atoms with Gasteiger partial charge >= 0.3 is 0 Å². The van der Waals surface area contributed by atoms with Gasteiger partial charge in [-0.1, -0.05) is 32.8 Å².